The SMILES string of the molecule is C=C(C)[C@@H]1CC[C@]2(C(=O)O)CC[C@@](C)(CC)[C@H](CC[C@H]3CCC[C@H]4C(C)(C)[C@@H](O)CC[C@]34C)[C@@H]12. The van der Waals surface area contributed by atoms with Gasteiger partial charge in [-0.1, -0.05) is 59.6 Å². The van der Waals surface area contributed by atoms with Gasteiger partial charge in [0.05, 0.1) is 11.5 Å². The largest absolute Gasteiger partial charge is 0.481 e. The molecule has 0 unspecified atom stereocenters. The van der Waals surface area contributed by atoms with E-state index >= 15 is 0 Å². The zero-order valence-electron chi connectivity index (χ0n) is 23.0. The number of allylic oxidation sites excluding steroid dienone is 1. The Bertz CT molecular complexity index is 800. The van der Waals surface area contributed by atoms with E-state index in [0.29, 0.717) is 29.1 Å². The summed E-state index contributed by atoms with van der Waals surface area (Å²) in [4.78, 5) is 12.8. The molecular formula is C31H52O3. The number of carbonyl (C=O) groups is 1. The average molecular weight is 473 g/mol. The lowest BCUT2D eigenvalue weighted by Crippen LogP contribution is -2.54. The van der Waals surface area contributed by atoms with Crippen molar-refractivity contribution >= 4 is 5.97 Å². The zero-order chi connectivity index (χ0) is 25.1. The first kappa shape index (κ1) is 26.2. The van der Waals surface area contributed by atoms with E-state index < -0.39 is 11.4 Å². The molecule has 2 N–H and O–H groups in total. The molecule has 0 aromatic rings. The number of hydrogen-bond acceptors (Lipinski definition) is 2. The van der Waals surface area contributed by atoms with Crippen molar-refractivity contribution in [3.63, 3.8) is 0 Å². The van der Waals surface area contributed by atoms with Crippen LogP contribution in [0.3, 0.4) is 0 Å². The van der Waals surface area contributed by atoms with E-state index in [2.05, 4.69) is 48.1 Å². The minimum Gasteiger partial charge on any atom is -0.481 e. The smallest absolute Gasteiger partial charge is 0.309 e. The summed E-state index contributed by atoms with van der Waals surface area (Å²) >= 11 is 0. The lowest BCUT2D eigenvalue weighted by Gasteiger charge is -2.59. The second-order valence-electron chi connectivity index (χ2n) is 14.2. The maximum atomic E-state index is 12.8. The molecule has 4 aliphatic carbocycles. The first-order valence-electron chi connectivity index (χ1n) is 14.4. The topological polar surface area (TPSA) is 57.5 Å². The van der Waals surface area contributed by atoms with Crippen LogP contribution in [0.25, 0.3) is 0 Å². The van der Waals surface area contributed by atoms with Gasteiger partial charge in [-0.2, -0.15) is 0 Å². The third-order valence-corrected chi connectivity index (χ3v) is 12.6. The fourth-order valence-corrected chi connectivity index (χ4v) is 10.1. The number of fused-ring (bicyclic) bond motifs is 2. The van der Waals surface area contributed by atoms with Crippen LogP contribution < -0.4 is 0 Å². The minimum atomic E-state index is -0.544. The molecule has 0 aromatic carbocycles. The maximum Gasteiger partial charge on any atom is 0.309 e. The molecule has 0 spiro atoms. The van der Waals surface area contributed by atoms with E-state index in [0.717, 1.165) is 51.4 Å². The molecule has 34 heavy (non-hydrogen) atoms. The lowest BCUT2D eigenvalue weighted by molar-refractivity contribution is -0.163. The first-order chi connectivity index (χ1) is 15.8. The van der Waals surface area contributed by atoms with E-state index in [-0.39, 0.29) is 22.9 Å². The van der Waals surface area contributed by atoms with Gasteiger partial charge in [0, 0.05) is 0 Å². The Hall–Kier alpha value is -0.830. The van der Waals surface area contributed by atoms with Gasteiger partial charge in [0.15, 0.2) is 0 Å². The van der Waals surface area contributed by atoms with Crippen LogP contribution in [0.1, 0.15) is 119 Å². The summed E-state index contributed by atoms with van der Waals surface area (Å²) in [7, 11) is 0. The summed E-state index contributed by atoms with van der Waals surface area (Å²) in [5.41, 5.74) is 1.17. The summed E-state index contributed by atoms with van der Waals surface area (Å²) in [6.07, 6.45) is 12.9. The van der Waals surface area contributed by atoms with Crippen molar-refractivity contribution < 1.29 is 15.0 Å². The Labute approximate surface area is 209 Å². The fraction of sp³-hybridized carbons (Fsp3) is 0.903. The molecule has 0 amide bonds. The maximum absolute atomic E-state index is 12.8. The van der Waals surface area contributed by atoms with Crippen LogP contribution in [-0.4, -0.2) is 22.3 Å². The molecule has 4 saturated carbocycles. The van der Waals surface area contributed by atoms with Crippen molar-refractivity contribution in [3.05, 3.63) is 12.2 Å². The molecule has 3 nitrogen and oxygen atoms in total. The van der Waals surface area contributed by atoms with Crippen molar-refractivity contribution in [1.82, 2.24) is 0 Å². The molecule has 0 bridgehead atoms. The molecule has 4 aliphatic rings. The number of rotatable bonds is 6. The quantitative estimate of drug-likeness (QED) is 0.387. The highest BCUT2D eigenvalue weighted by atomic mass is 16.4. The van der Waals surface area contributed by atoms with Crippen molar-refractivity contribution in [2.45, 2.75) is 125 Å². The summed E-state index contributed by atoms with van der Waals surface area (Å²) in [5, 5.41) is 21.3. The van der Waals surface area contributed by atoms with Crippen molar-refractivity contribution in [2.75, 3.05) is 0 Å². The van der Waals surface area contributed by atoms with Gasteiger partial charge in [0.25, 0.3) is 0 Å². The zero-order valence-corrected chi connectivity index (χ0v) is 23.0. The molecule has 194 valence electrons. The number of aliphatic hydroxyl groups is 1. The van der Waals surface area contributed by atoms with Crippen LogP contribution in [0, 0.1) is 51.2 Å². The minimum absolute atomic E-state index is 0.0105. The number of carboxylic acids is 1. The Morgan fingerprint density at radius 3 is 2.29 bits per heavy atom. The highest BCUT2D eigenvalue weighted by Gasteiger charge is 2.62. The van der Waals surface area contributed by atoms with E-state index in [1.807, 2.05) is 0 Å². The summed E-state index contributed by atoms with van der Waals surface area (Å²) < 4.78 is 0. The predicted molar refractivity (Wildman–Crippen MR) is 139 cm³/mol. The normalized spacial score (nSPS) is 48.1. The van der Waals surface area contributed by atoms with Crippen molar-refractivity contribution in [1.29, 1.82) is 0 Å². The summed E-state index contributed by atoms with van der Waals surface area (Å²) in [5.74, 6) is 1.77. The number of hydrogen-bond donors (Lipinski definition) is 2. The van der Waals surface area contributed by atoms with Crippen molar-refractivity contribution in [3.8, 4) is 0 Å². The second-order valence-corrected chi connectivity index (χ2v) is 14.2. The summed E-state index contributed by atoms with van der Waals surface area (Å²) in [6.45, 7) is 18.4. The molecule has 4 rings (SSSR count). The molecule has 0 aliphatic heterocycles. The predicted octanol–water partition coefficient (Wildman–Crippen LogP) is 7.87. The van der Waals surface area contributed by atoms with Crippen LogP contribution in [0.5, 0.6) is 0 Å². The van der Waals surface area contributed by atoms with Gasteiger partial charge in [-0.05, 0) is 117 Å². The van der Waals surface area contributed by atoms with Crippen LogP contribution in [-0.2, 0) is 4.79 Å². The van der Waals surface area contributed by atoms with Gasteiger partial charge in [-0.3, -0.25) is 4.79 Å². The first-order valence-corrected chi connectivity index (χ1v) is 14.4. The lowest BCUT2D eigenvalue weighted by atomic mass is 9.46. The Kier molecular flexibility index (Phi) is 6.89. The van der Waals surface area contributed by atoms with E-state index in [1.165, 1.54) is 31.3 Å². The van der Waals surface area contributed by atoms with Gasteiger partial charge >= 0.3 is 5.97 Å². The van der Waals surface area contributed by atoms with E-state index in [4.69, 9.17) is 0 Å². The number of aliphatic hydroxyl groups excluding tert-OH is 1. The molecule has 3 heteroatoms. The molecular weight excluding hydrogens is 420 g/mol. The van der Waals surface area contributed by atoms with Crippen molar-refractivity contribution in [2.24, 2.45) is 51.2 Å². The van der Waals surface area contributed by atoms with Crippen LogP contribution in [0.2, 0.25) is 0 Å². The molecule has 9 atom stereocenters. The Morgan fingerprint density at radius 1 is 0.971 bits per heavy atom. The monoisotopic (exact) mass is 472 g/mol. The fourth-order valence-electron chi connectivity index (χ4n) is 10.1. The molecule has 0 saturated heterocycles. The third-order valence-electron chi connectivity index (χ3n) is 12.6. The van der Waals surface area contributed by atoms with Gasteiger partial charge in [0.2, 0.25) is 0 Å². The average Bonchev–Trinajstić information content (AvgIpc) is 3.18. The number of aliphatic carboxylic acids is 1. The standard InChI is InChI=1S/C31H52O3/c1-8-29(6)18-19-31(27(33)34)17-14-22(20(2)3)26(31)23(29)13-12-21-10-9-11-24-28(4,5)25(32)15-16-30(21,24)7/h21-26,32H,2,8-19H2,1,3-7H3,(H,33,34)/t21-,22+,23-,24+,25+,26-,29-,30-,31+/m1/s1. The van der Waals surface area contributed by atoms with Gasteiger partial charge in [-0.15, -0.1) is 0 Å². The number of carboxylic acid groups (broad SMARTS) is 1. The Balaban J connectivity index is 1.63. The van der Waals surface area contributed by atoms with Crippen LogP contribution in [0.15, 0.2) is 12.2 Å². The molecule has 0 radical (unpaired) electrons. The van der Waals surface area contributed by atoms with Gasteiger partial charge in [0.1, 0.15) is 0 Å². The highest BCUT2D eigenvalue weighted by Crippen LogP contribution is 2.66. The third kappa shape index (κ3) is 3.82. The Morgan fingerprint density at radius 2 is 1.68 bits per heavy atom. The molecule has 4 fully saturated rings. The molecule has 0 heterocycles. The highest BCUT2D eigenvalue weighted by molar-refractivity contribution is 5.76. The van der Waals surface area contributed by atoms with Gasteiger partial charge in [-0.25, -0.2) is 0 Å². The van der Waals surface area contributed by atoms with Gasteiger partial charge < -0.3 is 10.2 Å². The van der Waals surface area contributed by atoms with E-state index in [9.17, 15) is 15.0 Å². The van der Waals surface area contributed by atoms with Crippen LogP contribution in [0.4, 0.5) is 0 Å². The van der Waals surface area contributed by atoms with E-state index in [1.54, 1.807) is 0 Å². The summed E-state index contributed by atoms with van der Waals surface area (Å²) in [6, 6.07) is 0. The van der Waals surface area contributed by atoms with Crippen LogP contribution >= 0.6 is 0 Å². The molecule has 0 aromatic heterocycles. The second kappa shape index (κ2) is 8.93.